The average Bonchev–Trinajstić information content (AvgIpc) is 2.86. The molecule has 0 saturated carbocycles. The van der Waals surface area contributed by atoms with Gasteiger partial charge in [-0.15, -0.1) is 0 Å². The molecule has 0 atom stereocenters. The fourth-order valence-corrected chi connectivity index (χ4v) is 4.63. The zero-order valence-electron chi connectivity index (χ0n) is 20.6. The number of nitrogens with zero attached hydrogens (tertiary/aromatic N) is 5. The number of hydrogen-bond donors (Lipinski definition) is 0. The van der Waals surface area contributed by atoms with Gasteiger partial charge in [-0.1, -0.05) is 30.3 Å². The molecule has 1 aliphatic rings. The zero-order valence-corrected chi connectivity index (χ0v) is 20.6. The van der Waals surface area contributed by atoms with Gasteiger partial charge in [-0.05, 0) is 44.6 Å². The van der Waals surface area contributed by atoms with Crippen LogP contribution < -0.4 is 10.5 Å². The number of halogens is 1. The molecule has 0 aliphatic carbocycles. The summed E-state index contributed by atoms with van der Waals surface area (Å²) < 4.78 is 21.4. The van der Waals surface area contributed by atoms with Gasteiger partial charge >= 0.3 is 0 Å². The maximum Gasteiger partial charge on any atom is 0.293 e. The quantitative estimate of drug-likeness (QED) is 0.540. The van der Waals surface area contributed by atoms with Crippen molar-refractivity contribution in [1.82, 2.24) is 14.5 Å². The van der Waals surface area contributed by atoms with Crippen molar-refractivity contribution < 1.29 is 9.13 Å². The lowest BCUT2D eigenvalue weighted by Gasteiger charge is -2.35. The Morgan fingerprint density at radius 1 is 1.14 bits per heavy atom. The zero-order chi connectivity index (χ0) is 25.1. The minimum atomic E-state index is -0.615. The van der Waals surface area contributed by atoms with Gasteiger partial charge in [0.05, 0.1) is 23.6 Å². The van der Waals surface area contributed by atoms with E-state index >= 15 is 0 Å². The highest BCUT2D eigenvalue weighted by Crippen LogP contribution is 2.32. The van der Waals surface area contributed by atoms with Gasteiger partial charge in [0.2, 0.25) is 0 Å². The molecule has 0 amide bonds. The van der Waals surface area contributed by atoms with Crippen LogP contribution in [0.1, 0.15) is 24.0 Å². The van der Waals surface area contributed by atoms with Crippen LogP contribution in [0.4, 0.5) is 10.2 Å². The van der Waals surface area contributed by atoms with E-state index in [9.17, 15) is 9.18 Å². The summed E-state index contributed by atoms with van der Waals surface area (Å²) in [6.45, 7) is 1.92. The second-order valence-electron chi connectivity index (χ2n) is 9.11. The Bertz CT molecular complexity index is 1300. The first-order chi connectivity index (χ1) is 16.8. The average molecular weight is 476 g/mol. The van der Waals surface area contributed by atoms with Crippen molar-refractivity contribution in [1.29, 1.82) is 5.26 Å². The lowest BCUT2D eigenvalue weighted by atomic mass is 10.0. The van der Waals surface area contributed by atoms with E-state index in [1.165, 1.54) is 12.1 Å². The Labute approximate surface area is 205 Å². The van der Waals surface area contributed by atoms with Crippen molar-refractivity contribution in [3.8, 4) is 28.6 Å². The minimum Gasteiger partial charge on any atom is -0.380 e. The molecule has 0 unspecified atom stereocenters. The van der Waals surface area contributed by atoms with Crippen molar-refractivity contribution in [3.05, 3.63) is 69.8 Å². The predicted molar refractivity (Wildman–Crippen MR) is 135 cm³/mol. The highest BCUT2D eigenvalue weighted by molar-refractivity contribution is 5.79. The van der Waals surface area contributed by atoms with Crippen molar-refractivity contribution in [2.45, 2.75) is 25.5 Å². The number of benzene rings is 2. The lowest BCUT2D eigenvalue weighted by Crippen LogP contribution is -2.44. The number of methoxy groups -OCH3 is 1. The van der Waals surface area contributed by atoms with Crippen LogP contribution in [0.15, 0.2) is 47.3 Å². The fourth-order valence-electron chi connectivity index (χ4n) is 4.63. The number of ether oxygens (including phenoxy) is 1. The van der Waals surface area contributed by atoms with E-state index in [-0.39, 0.29) is 11.1 Å². The van der Waals surface area contributed by atoms with Gasteiger partial charge in [0.1, 0.15) is 11.9 Å². The van der Waals surface area contributed by atoms with Gasteiger partial charge in [-0.25, -0.2) is 9.37 Å². The normalized spacial score (nSPS) is 14.4. The topological polar surface area (TPSA) is 74.4 Å². The molecule has 4 rings (SSSR count). The van der Waals surface area contributed by atoms with Crippen LogP contribution in [-0.4, -0.2) is 54.8 Å². The molecule has 0 N–H and O–H groups in total. The molecule has 1 aliphatic heterocycles. The smallest absolute Gasteiger partial charge is 0.293 e. The van der Waals surface area contributed by atoms with Crippen LogP contribution in [0, 0.1) is 17.1 Å². The molecule has 1 fully saturated rings. The predicted octanol–water partition coefficient (Wildman–Crippen LogP) is 3.80. The summed E-state index contributed by atoms with van der Waals surface area (Å²) in [5.74, 6) is -0.250. The third-order valence-electron chi connectivity index (χ3n) is 6.67. The van der Waals surface area contributed by atoms with E-state index in [2.05, 4.69) is 19.0 Å². The number of hydrogen-bond acceptors (Lipinski definition) is 6. The summed E-state index contributed by atoms with van der Waals surface area (Å²) in [4.78, 5) is 22.6. The first-order valence-corrected chi connectivity index (χ1v) is 11.6. The molecular weight excluding hydrogens is 445 g/mol. The Morgan fingerprint density at radius 3 is 2.37 bits per heavy atom. The van der Waals surface area contributed by atoms with E-state index in [4.69, 9.17) is 15.0 Å². The Balaban J connectivity index is 1.86. The summed E-state index contributed by atoms with van der Waals surface area (Å²) in [5, 5.41) is 9.17. The monoisotopic (exact) mass is 475 g/mol. The second kappa shape index (κ2) is 10.4. The molecular formula is C27H30FN5O2. The summed E-state index contributed by atoms with van der Waals surface area (Å²) >= 11 is 0. The van der Waals surface area contributed by atoms with Gasteiger partial charge < -0.3 is 19.1 Å². The molecule has 7 nitrogen and oxygen atoms in total. The summed E-state index contributed by atoms with van der Waals surface area (Å²) in [5.41, 5.74) is 3.17. The van der Waals surface area contributed by atoms with Crippen molar-refractivity contribution >= 4 is 5.82 Å². The standard InChI is InChI=1S/C27H30FN5O2/c1-31(2)22-11-13-33(14-12-22)26-27(34)32(3)25(19-7-5-18(6-8-19)17-35-4)24(30-26)20-9-10-21(16-29)23(28)15-20/h5-10,15,22H,11-14,17H2,1-4H3. The van der Waals surface area contributed by atoms with Crippen LogP contribution in [-0.2, 0) is 18.4 Å². The van der Waals surface area contributed by atoms with Gasteiger partial charge in [0.15, 0.2) is 5.82 Å². The lowest BCUT2D eigenvalue weighted by molar-refractivity contribution is 0.185. The third kappa shape index (κ3) is 4.97. The van der Waals surface area contributed by atoms with Crippen LogP contribution in [0.25, 0.3) is 22.5 Å². The molecule has 2 aromatic carbocycles. The Kier molecular flexibility index (Phi) is 7.29. The second-order valence-corrected chi connectivity index (χ2v) is 9.11. The SMILES string of the molecule is COCc1ccc(-c2c(-c3ccc(C#N)c(F)c3)nc(N3CCC(N(C)C)CC3)c(=O)n2C)cc1. The third-order valence-corrected chi connectivity index (χ3v) is 6.67. The highest BCUT2D eigenvalue weighted by Gasteiger charge is 2.26. The van der Waals surface area contributed by atoms with Gasteiger partial charge in [0, 0.05) is 44.4 Å². The molecule has 1 saturated heterocycles. The van der Waals surface area contributed by atoms with E-state index in [0.29, 0.717) is 35.4 Å². The maximum absolute atomic E-state index is 14.6. The first kappa shape index (κ1) is 24.6. The van der Waals surface area contributed by atoms with Gasteiger partial charge in [-0.3, -0.25) is 4.79 Å². The highest BCUT2D eigenvalue weighted by atomic mass is 19.1. The van der Waals surface area contributed by atoms with E-state index < -0.39 is 5.82 Å². The van der Waals surface area contributed by atoms with Crippen molar-refractivity contribution in [2.24, 2.45) is 7.05 Å². The van der Waals surface area contributed by atoms with Crippen molar-refractivity contribution in [2.75, 3.05) is 39.2 Å². The maximum atomic E-state index is 14.6. The van der Waals surface area contributed by atoms with Crippen LogP contribution >= 0.6 is 0 Å². The number of rotatable bonds is 6. The van der Waals surface area contributed by atoms with Crippen LogP contribution in [0.3, 0.4) is 0 Å². The molecule has 8 heteroatoms. The first-order valence-electron chi connectivity index (χ1n) is 11.6. The molecule has 2 heterocycles. The van der Waals surface area contributed by atoms with Gasteiger partial charge in [0.25, 0.3) is 5.56 Å². The molecule has 1 aromatic heterocycles. The van der Waals surface area contributed by atoms with Crippen LogP contribution in [0.2, 0.25) is 0 Å². The number of aromatic nitrogens is 2. The number of nitriles is 1. The van der Waals surface area contributed by atoms with E-state index in [1.54, 1.807) is 24.8 Å². The summed E-state index contributed by atoms with van der Waals surface area (Å²) in [6, 6.07) is 14.5. The van der Waals surface area contributed by atoms with Crippen molar-refractivity contribution in [3.63, 3.8) is 0 Å². The molecule has 0 radical (unpaired) electrons. The molecule has 0 spiro atoms. The minimum absolute atomic E-state index is 0.0324. The van der Waals surface area contributed by atoms with Crippen LogP contribution in [0.5, 0.6) is 0 Å². The summed E-state index contributed by atoms with van der Waals surface area (Å²) in [6.07, 6.45) is 1.86. The Hall–Kier alpha value is -3.54. The number of anilines is 1. The molecule has 3 aromatic rings. The van der Waals surface area contributed by atoms with E-state index in [0.717, 1.165) is 37.1 Å². The molecule has 182 valence electrons. The number of piperidine rings is 1. The molecule has 35 heavy (non-hydrogen) atoms. The van der Waals surface area contributed by atoms with E-state index in [1.807, 2.05) is 35.2 Å². The summed E-state index contributed by atoms with van der Waals surface area (Å²) in [7, 11) is 7.50. The van der Waals surface area contributed by atoms with Gasteiger partial charge in [-0.2, -0.15) is 5.26 Å². The molecule has 0 bridgehead atoms. The Morgan fingerprint density at radius 2 is 1.80 bits per heavy atom. The largest absolute Gasteiger partial charge is 0.380 e. The fraction of sp³-hybridized carbons (Fsp3) is 0.370.